The van der Waals surface area contributed by atoms with Gasteiger partial charge in [0.1, 0.15) is 17.1 Å². The summed E-state index contributed by atoms with van der Waals surface area (Å²) < 4.78 is 47.0. The third-order valence-electron chi connectivity index (χ3n) is 11.1. The summed E-state index contributed by atoms with van der Waals surface area (Å²) in [4.78, 5) is 51.9. The van der Waals surface area contributed by atoms with Crippen LogP contribution in [0, 0.1) is 5.92 Å². The van der Waals surface area contributed by atoms with Crippen molar-refractivity contribution in [1.82, 2.24) is 30.0 Å². The van der Waals surface area contributed by atoms with E-state index in [1.165, 1.54) is 13.2 Å². The van der Waals surface area contributed by atoms with Crippen LogP contribution in [0.3, 0.4) is 0 Å². The Morgan fingerprint density at radius 2 is 1.77 bits per heavy atom. The Bertz CT molecular complexity index is 2290. The Kier molecular flexibility index (Phi) is 10.2. The summed E-state index contributed by atoms with van der Waals surface area (Å²) in [5.74, 6) is -0.130. The minimum Gasteiger partial charge on any atom is -0.494 e. The van der Waals surface area contributed by atoms with Crippen molar-refractivity contribution >= 4 is 56.6 Å². The van der Waals surface area contributed by atoms with Gasteiger partial charge in [0.05, 0.1) is 36.2 Å². The van der Waals surface area contributed by atoms with Crippen molar-refractivity contribution in [3.05, 3.63) is 78.5 Å². The second kappa shape index (κ2) is 15.4. The number of anilines is 3. The van der Waals surface area contributed by atoms with Gasteiger partial charge in [-0.25, -0.2) is 9.78 Å². The molecule has 3 fully saturated rings. The summed E-state index contributed by atoms with van der Waals surface area (Å²) in [5, 5.41) is 12.6. The SMILES string of the molecule is COc1cc2nn(C3CCC(CN4CCCN(c5cccc6c(N7CCC(=O)NC7=O)cncc56)CC4)CC3)cc2cc1NC(=O)c1cccc(C(F)(F)F)n1. The van der Waals surface area contributed by atoms with E-state index in [0.29, 0.717) is 35.1 Å². The van der Waals surface area contributed by atoms with Gasteiger partial charge in [-0.1, -0.05) is 18.2 Å². The Labute approximate surface area is 320 Å². The highest BCUT2D eigenvalue weighted by atomic mass is 19.4. The zero-order valence-electron chi connectivity index (χ0n) is 30.9. The molecule has 5 aromatic rings. The van der Waals surface area contributed by atoms with E-state index in [-0.39, 0.29) is 24.1 Å². The molecule has 8 rings (SSSR count). The summed E-state index contributed by atoms with van der Waals surface area (Å²) in [7, 11) is 1.46. The molecule has 3 aliphatic rings. The van der Waals surface area contributed by atoms with Crippen LogP contribution in [0.1, 0.15) is 60.7 Å². The zero-order valence-corrected chi connectivity index (χ0v) is 30.9. The number of rotatable bonds is 8. The normalized spacial score (nSPS) is 19.9. The van der Waals surface area contributed by atoms with E-state index in [9.17, 15) is 27.6 Å². The molecule has 292 valence electrons. The zero-order chi connectivity index (χ0) is 39.0. The Morgan fingerprint density at radius 3 is 2.55 bits per heavy atom. The quantitative estimate of drug-likeness (QED) is 0.178. The van der Waals surface area contributed by atoms with Crippen LogP contribution < -0.4 is 25.2 Å². The number of amides is 4. The number of pyridine rings is 2. The summed E-state index contributed by atoms with van der Waals surface area (Å²) in [6.45, 7) is 5.10. The molecule has 0 atom stereocenters. The molecule has 0 radical (unpaired) electrons. The second-order valence-corrected chi connectivity index (χ2v) is 14.7. The van der Waals surface area contributed by atoms with Gasteiger partial charge in [0.2, 0.25) is 5.91 Å². The maximum Gasteiger partial charge on any atom is 0.433 e. The van der Waals surface area contributed by atoms with Crippen molar-refractivity contribution in [1.29, 1.82) is 0 Å². The van der Waals surface area contributed by atoms with Gasteiger partial charge in [-0.15, -0.1) is 0 Å². The fourth-order valence-electron chi connectivity index (χ4n) is 8.23. The van der Waals surface area contributed by atoms with Crippen LogP contribution in [-0.4, -0.2) is 88.9 Å². The number of hydrogen-bond acceptors (Lipinski definition) is 9. The minimum atomic E-state index is -4.67. The van der Waals surface area contributed by atoms with Crippen molar-refractivity contribution in [2.45, 2.75) is 50.7 Å². The van der Waals surface area contributed by atoms with Crippen LogP contribution in [0.5, 0.6) is 5.75 Å². The van der Waals surface area contributed by atoms with Gasteiger partial charge in [0.15, 0.2) is 0 Å². The maximum absolute atomic E-state index is 13.2. The first kappa shape index (κ1) is 37.2. The predicted molar refractivity (Wildman–Crippen MR) is 205 cm³/mol. The van der Waals surface area contributed by atoms with E-state index >= 15 is 0 Å². The number of aromatic nitrogens is 4. The molecule has 16 heteroatoms. The molecule has 0 bridgehead atoms. The van der Waals surface area contributed by atoms with E-state index in [1.54, 1.807) is 23.2 Å². The van der Waals surface area contributed by atoms with E-state index in [0.717, 1.165) is 98.8 Å². The van der Waals surface area contributed by atoms with Gasteiger partial charge in [-0.2, -0.15) is 18.3 Å². The van der Waals surface area contributed by atoms with Gasteiger partial charge in [-0.3, -0.25) is 29.5 Å². The minimum absolute atomic E-state index is 0.220. The standard InChI is InChI=1S/C40H42F3N9O4/c1-56-35-20-31-26(19-32(35)46-38(54)30-6-3-8-36(45-30)40(41,42)43)24-52(48-31)27-11-9-25(10-12-27)23-49-14-4-15-50(18-17-49)33-7-2-5-28-29(33)21-44-22-34(28)51-16-13-37(53)47-39(51)55/h2-3,5-8,19-22,24-25,27H,4,9-18,23H2,1H3,(H,46,54)(H,47,53,55). The van der Waals surface area contributed by atoms with Gasteiger partial charge >= 0.3 is 12.2 Å². The summed E-state index contributed by atoms with van der Waals surface area (Å²) >= 11 is 0. The molecule has 5 heterocycles. The number of alkyl halides is 3. The van der Waals surface area contributed by atoms with Gasteiger partial charge < -0.3 is 19.9 Å². The van der Waals surface area contributed by atoms with Crippen molar-refractivity contribution in [3.63, 3.8) is 0 Å². The molecule has 0 unspecified atom stereocenters. The number of ether oxygens (including phenoxy) is 1. The Balaban J connectivity index is 0.879. The first-order valence-corrected chi connectivity index (χ1v) is 18.9. The third-order valence-corrected chi connectivity index (χ3v) is 11.1. The molecular weight excluding hydrogens is 727 g/mol. The summed E-state index contributed by atoms with van der Waals surface area (Å²) in [6.07, 6.45) is 6.23. The van der Waals surface area contributed by atoms with Crippen molar-refractivity contribution in [2.75, 3.05) is 61.5 Å². The average Bonchev–Trinajstić information content (AvgIpc) is 3.47. The molecule has 3 aromatic heterocycles. The van der Waals surface area contributed by atoms with Crippen LogP contribution in [0.15, 0.2) is 67.1 Å². The third kappa shape index (κ3) is 7.70. The molecule has 2 aliphatic heterocycles. The van der Waals surface area contributed by atoms with E-state index < -0.39 is 23.8 Å². The molecule has 2 N–H and O–H groups in total. The van der Waals surface area contributed by atoms with Crippen LogP contribution in [-0.2, 0) is 11.0 Å². The molecule has 56 heavy (non-hydrogen) atoms. The number of benzene rings is 2. The molecule has 2 saturated heterocycles. The number of nitrogens with one attached hydrogen (secondary N) is 2. The van der Waals surface area contributed by atoms with Crippen LogP contribution >= 0.6 is 0 Å². The number of nitrogens with zero attached hydrogens (tertiary/aromatic N) is 7. The molecular formula is C40H42F3N9O4. The second-order valence-electron chi connectivity index (χ2n) is 14.7. The smallest absolute Gasteiger partial charge is 0.433 e. The molecule has 1 saturated carbocycles. The fraction of sp³-hybridized carbons (Fsp3) is 0.400. The number of urea groups is 1. The number of carbonyl (C=O) groups is 3. The molecule has 1 aliphatic carbocycles. The van der Waals surface area contributed by atoms with Crippen molar-refractivity contribution in [3.8, 4) is 5.75 Å². The lowest BCUT2D eigenvalue weighted by molar-refractivity contribution is -0.141. The number of hydrogen-bond donors (Lipinski definition) is 2. The Morgan fingerprint density at radius 1 is 0.946 bits per heavy atom. The largest absolute Gasteiger partial charge is 0.494 e. The Hall–Kier alpha value is -5.77. The highest BCUT2D eigenvalue weighted by Crippen LogP contribution is 2.37. The summed E-state index contributed by atoms with van der Waals surface area (Å²) in [5.41, 5.74) is 1.32. The van der Waals surface area contributed by atoms with Crippen LogP contribution in [0.25, 0.3) is 21.7 Å². The average molecular weight is 770 g/mol. The first-order valence-electron chi connectivity index (χ1n) is 18.9. The monoisotopic (exact) mass is 769 g/mol. The number of fused-ring (bicyclic) bond motifs is 2. The fourth-order valence-corrected chi connectivity index (χ4v) is 8.23. The number of carbonyl (C=O) groups excluding carboxylic acids is 3. The number of imide groups is 1. The number of halogens is 3. The van der Waals surface area contributed by atoms with Crippen LogP contribution in [0.4, 0.5) is 35.0 Å². The van der Waals surface area contributed by atoms with Gasteiger partial charge in [0, 0.05) is 79.5 Å². The molecule has 13 nitrogen and oxygen atoms in total. The highest BCUT2D eigenvalue weighted by Gasteiger charge is 2.33. The van der Waals surface area contributed by atoms with Gasteiger partial charge in [0.25, 0.3) is 5.91 Å². The molecule has 4 amide bonds. The van der Waals surface area contributed by atoms with Crippen molar-refractivity contribution in [2.24, 2.45) is 5.92 Å². The lowest BCUT2D eigenvalue weighted by Gasteiger charge is -2.32. The lowest BCUT2D eigenvalue weighted by Crippen LogP contribution is -2.49. The van der Waals surface area contributed by atoms with Crippen molar-refractivity contribution < 1.29 is 32.3 Å². The van der Waals surface area contributed by atoms with Crippen LogP contribution in [0.2, 0.25) is 0 Å². The first-order chi connectivity index (χ1) is 27.0. The highest BCUT2D eigenvalue weighted by molar-refractivity contribution is 6.11. The lowest BCUT2D eigenvalue weighted by atomic mass is 9.85. The van der Waals surface area contributed by atoms with E-state index in [2.05, 4.69) is 36.5 Å². The summed E-state index contributed by atoms with van der Waals surface area (Å²) in [6, 6.07) is 12.6. The van der Waals surface area contributed by atoms with E-state index in [4.69, 9.17) is 9.84 Å². The molecule has 0 spiro atoms. The number of methoxy groups -OCH3 is 1. The predicted octanol–water partition coefficient (Wildman–Crippen LogP) is 6.65. The van der Waals surface area contributed by atoms with Gasteiger partial charge in [-0.05, 0) is 68.8 Å². The maximum atomic E-state index is 13.2. The van der Waals surface area contributed by atoms with E-state index in [1.807, 2.05) is 29.2 Å². The molecule has 2 aromatic carbocycles. The topological polar surface area (TPSA) is 138 Å².